The van der Waals surface area contributed by atoms with Crippen LogP contribution in [0.4, 0.5) is 5.69 Å². The minimum Gasteiger partial charge on any atom is -1.00 e. The summed E-state index contributed by atoms with van der Waals surface area (Å²) < 4.78 is 1.01. The zero-order chi connectivity index (χ0) is 9.90. The lowest BCUT2D eigenvalue weighted by atomic mass is 10.2. The molecule has 0 bridgehead atoms. The van der Waals surface area contributed by atoms with Crippen molar-refractivity contribution >= 4 is 5.69 Å². The van der Waals surface area contributed by atoms with Crippen LogP contribution >= 0.6 is 0 Å². The molecular formula is C12H20ClN. The summed E-state index contributed by atoms with van der Waals surface area (Å²) in [4.78, 5) is 0. The molecule has 0 saturated heterocycles. The highest BCUT2D eigenvalue weighted by atomic mass is 35.5. The number of para-hydroxylation sites is 1. The Bertz CT molecular complexity index is 258. The Kier molecular flexibility index (Phi) is 5.17. The van der Waals surface area contributed by atoms with Gasteiger partial charge in [0.15, 0.2) is 0 Å². The van der Waals surface area contributed by atoms with Gasteiger partial charge in [-0.3, -0.25) is 4.48 Å². The van der Waals surface area contributed by atoms with Gasteiger partial charge in [0.2, 0.25) is 0 Å². The summed E-state index contributed by atoms with van der Waals surface area (Å²) in [6.45, 7) is 7.93. The molecule has 0 fully saturated rings. The zero-order valence-corrected chi connectivity index (χ0v) is 10.3. The second-order valence-corrected chi connectivity index (χ2v) is 4.01. The van der Waals surface area contributed by atoms with Crippen molar-refractivity contribution in [1.29, 1.82) is 0 Å². The van der Waals surface area contributed by atoms with E-state index < -0.39 is 0 Å². The summed E-state index contributed by atoms with van der Waals surface area (Å²) in [7, 11) is 2.29. The molecule has 1 nitrogen and oxygen atoms in total. The van der Waals surface area contributed by atoms with Gasteiger partial charge in [0.1, 0.15) is 5.69 Å². The first kappa shape index (κ1) is 13.5. The molecule has 2 heteroatoms. The van der Waals surface area contributed by atoms with Gasteiger partial charge < -0.3 is 12.4 Å². The summed E-state index contributed by atoms with van der Waals surface area (Å²) in [6.07, 6.45) is 0. The van der Waals surface area contributed by atoms with Crippen molar-refractivity contribution in [3.63, 3.8) is 0 Å². The average Bonchev–Trinajstić information content (AvgIpc) is 2.17. The normalized spacial score (nSPS) is 14.6. The van der Waals surface area contributed by atoms with Crippen molar-refractivity contribution in [3.8, 4) is 0 Å². The summed E-state index contributed by atoms with van der Waals surface area (Å²) in [5.74, 6) is 0. The second-order valence-electron chi connectivity index (χ2n) is 4.01. The van der Waals surface area contributed by atoms with Crippen molar-refractivity contribution in [3.05, 3.63) is 30.3 Å². The summed E-state index contributed by atoms with van der Waals surface area (Å²) in [5.41, 5.74) is 1.40. The minimum absolute atomic E-state index is 0. The topological polar surface area (TPSA) is 0 Å². The number of hydrogen-bond acceptors (Lipinski definition) is 0. The van der Waals surface area contributed by atoms with E-state index >= 15 is 0 Å². The van der Waals surface area contributed by atoms with Crippen LogP contribution in [0, 0.1) is 0 Å². The molecule has 1 unspecified atom stereocenters. The molecule has 0 aliphatic carbocycles. The predicted molar refractivity (Wildman–Crippen MR) is 59.8 cm³/mol. The van der Waals surface area contributed by atoms with E-state index in [4.69, 9.17) is 0 Å². The Morgan fingerprint density at radius 3 is 2.00 bits per heavy atom. The Balaban J connectivity index is 0.00000169. The van der Waals surface area contributed by atoms with E-state index in [-0.39, 0.29) is 12.4 Å². The largest absolute Gasteiger partial charge is 1.00 e. The van der Waals surface area contributed by atoms with Crippen LogP contribution in [0.1, 0.15) is 20.8 Å². The molecule has 0 N–H and O–H groups in total. The molecule has 1 atom stereocenters. The van der Waals surface area contributed by atoms with E-state index in [1.54, 1.807) is 0 Å². The first-order valence-electron chi connectivity index (χ1n) is 5.02. The van der Waals surface area contributed by atoms with Gasteiger partial charge in [0.25, 0.3) is 0 Å². The maximum absolute atomic E-state index is 2.29. The van der Waals surface area contributed by atoms with E-state index in [9.17, 15) is 0 Å². The van der Waals surface area contributed by atoms with Crippen molar-refractivity contribution in [2.75, 3.05) is 13.6 Å². The Morgan fingerprint density at radius 1 is 1.14 bits per heavy atom. The van der Waals surface area contributed by atoms with Crippen LogP contribution in [0.5, 0.6) is 0 Å². The van der Waals surface area contributed by atoms with Crippen LogP contribution in [-0.4, -0.2) is 19.6 Å². The highest BCUT2D eigenvalue weighted by Crippen LogP contribution is 2.23. The fourth-order valence-corrected chi connectivity index (χ4v) is 1.61. The van der Waals surface area contributed by atoms with Gasteiger partial charge in [-0.1, -0.05) is 18.2 Å². The van der Waals surface area contributed by atoms with Crippen LogP contribution in [0.2, 0.25) is 0 Å². The highest BCUT2D eigenvalue weighted by Gasteiger charge is 2.25. The lowest BCUT2D eigenvalue weighted by Gasteiger charge is -2.37. The van der Waals surface area contributed by atoms with Crippen molar-refractivity contribution < 1.29 is 12.4 Å². The highest BCUT2D eigenvalue weighted by molar-refractivity contribution is 5.42. The molecule has 14 heavy (non-hydrogen) atoms. The number of rotatable bonds is 3. The molecule has 80 valence electrons. The molecule has 0 saturated carbocycles. The molecule has 1 aromatic carbocycles. The predicted octanol–water partition coefficient (Wildman–Crippen LogP) is 0.0560. The van der Waals surface area contributed by atoms with Crippen LogP contribution in [0.25, 0.3) is 0 Å². The summed E-state index contributed by atoms with van der Waals surface area (Å²) >= 11 is 0. The molecule has 1 rings (SSSR count). The molecule has 1 aromatic rings. The lowest BCUT2D eigenvalue weighted by Crippen LogP contribution is -3.00. The molecule has 0 spiro atoms. The monoisotopic (exact) mass is 213 g/mol. The van der Waals surface area contributed by atoms with Gasteiger partial charge in [-0.2, -0.15) is 0 Å². The van der Waals surface area contributed by atoms with Crippen LogP contribution in [-0.2, 0) is 0 Å². The first-order chi connectivity index (χ1) is 6.11. The van der Waals surface area contributed by atoms with E-state index in [0.29, 0.717) is 6.04 Å². The van der Waals surface area contributed by atoms with Crippen LogP contribution in [0.3, 0.4) is 0 Å². The molecule has 0 amide bonds. The van der Waals surface area contributed by atoms with E-state index in [1.807, 2.05) is 0 Å². The summed E-state index contributed by atoms with van der Waals surface area (Å²) in [6, 6.07) is 11.4. The third-order valence-electron chi connectivity index (χ3n) is 3.14. The van der Waals surface area contributed by atoms with Gasteiger partial charge in [-0.15, -0.1) is 0 Å². The van der Waals surface area contributed by atoms with Gasteiger partial charge >= 0.3 is 0 Å². The van der Waals surface area contributed by atoms with Crippen LogP contribution in [0.15, 0.2) is 30.3 Å². The van der Waals surface area contributed by atoms with Gasteiger partial charge in [0.05, 0.1) is 19.6 Å². The molecular weight excluding hydrogens is 194 g/mol. The van der Waals surface area contributed by atoms with Crippen LogP contribution < -0.4 is 16.9 Å². The number of halogens is 1. The third-order valence-corrected chi connectivity index (χ3v) is 3.14. The Labute approximate surface area is 93.7 Å². The number of benzene rings is 1. The SMILES string of the molecule is CC[N+](C)(c1ccccc1)C(C)C.[Cl-]. The fourth-order valence-electron chi connectivity index (χ4n) is 1.61. The maximum Gasteiger partial charge on any atom is 0.132 e. The molecule has 0 radical (unpaired) electrons. The fraction of sp³-hybridized carbons (Fsp3) is 0.500. The quantitative estimate of drug-likeness (QED) is 0.623. The minimum atomic E-state index is 0. The molecule has 0 aliphatic heterocycles. The number of quaternary nitrogens is 1. The Hall–Kier alpha value is -0.530. The average molecular weight is 214 g/mol. The van der Waals surface area contributed by atoms with Gasteiger partial charge in [-0.25, -0.2) is 0 Å². The van der Waals surface area contributed by atoms with E-state index in [0.717, 1.165) is 11.0 Å². The number of nitrogens with zero attached hydrogens (tertiary/aromatic N) is 1. The standard InChI is InChI=1S/C12H20N.ClH/c1-5-13(4,11(2)3)12-9-7-6-8-10-12;/h6-11H,5H2,1-4H3;1H/q+1;/p-1. The maximum atomic E-state index is 2.29. The third kappa shape index (κ3) is 2.49. The van der Waals surface area contributed by atoms with Crippen molar-refractivity contribution in [1.82, 2.24) is 4.48 Å². The summed E-state index contributed by atoms with van der Waals surface area (Å²) in [5, 5.41) is 0. The number of hydrogen-bond donors (Lipinski definition) is 0. The van der Waals surface area contributed by atoms with Gasteiger partial charge in [0, 0.05) is 0 Å². The molecule has 0 heterocycles. The lowest BCUT2D eigenvalue weighted by molar-refractivity contribution is -0.00000293. The zero-order valence-electron chi connectivity index (χ0n) is 9.50. The molecule has 0 aromatic heterocycles. The van der Waals surface area contributed by atoms with Crippen molar-refractivity contribution in [2.24, 2.45) is 0 Å². The van der Waals surface area contributed by atoms with Gasteiger partial charge in [-0.05, 0) is 32.9 Å². The first-order valence-corrected chi connectivity index (χ1v) is 5.02. The Morgan fingerprint density at radius 2 is 1.64 bits per heavy atom. The molecule has 0 aliphatic rings. The van der Waals surface area contributed by atoms with E-state index in [1.165, 1.54) is 5.69 Å². The van der Waals surface area contributed by atoms with E-state index in [2.05, 4.69) is 58.2 Å². The smallest absolute Gasteiger partial charge is 0.132 e. The second kappa shape index (κ2) is 5.38. The van der Waals surface area contributed by atoms with Crippen molar-refractivity contribution in [2.45, 2.75) is 26.8 Å².